The Morgan fingerprint density at radius 2 is 1.71 bits per heavy atom. The van der Waals surface area contributed by atoms with Gasteiger partial charge >= 0.3 is 12.1 Å². The lowest BCUT2D eigenvalue weighted by Gasteiger charge is -2.08. The van der Waals surface area contributed by atoms with E-state index in [0.717, 1.165) is 5.56 Å². The smallest absolute Gasteiger partial charge is 0.319 e. The lowest BCUT2D eigenvalue weighted by Crippen LogP contribution is -2.28. The summed E-state index contributed by atoms with van der Waals surface area (Å²) in [6, 6.07) is 11.3. The van der Waals surface area contributed by atoms with Gasteiger partial charge < -0.3 is 21.7 Å². The van der Waals surface area contributed by atoms with E-state index in [9.17, 15) is 19.7 Å². The van der Waals surface area contributed by atoms with E-state index < -0.39 is 17.0 Å². The largest absolute Gasteiger partial charge is 0.351 e. The number of anilines is 2. The molecule has 0 radical (unpaired) electrons. The van der Waals surface area contributed by atoms with Gasteiger partial charge in [-0.05, 0) is 23.8 Å². The van der Waals surface area contributed by atoms with Gasteiger partial charge in [0, 0.05) is 18.3 Å². The highest BCUT2D eigenvalue weighted by Gasteiger charge is 2.14. The van der Waals surface area contributed by atoms with Gasteiger partial charge in [0.2, 0.25) is 0 Å². The van der Waals surface area contributed by atoms with E-state index >= 15 is 0 Å². The number of urea groups is 2. The summed E-state index contributed by atoms with van der Waals surface area (Å²) in [6.45, 7) is 0.212. The third kappa shape index (κ3) is 4.70. The number of nitrogens with two attached hydrogens (primary N) is 1. The minimum Gasteiger partial charge on any atom is -0.351 e. The second kappa shape index (κ2) is 7.58. The summed E-state index contributed by atoms with van der Waals surface area (Å²) in [5.74, 6) is 0. The summed E-state index contributed by atoms with van der Waals surface area (Å²) in [6.07, 6.45) is 0. The summed E-state index contributed by atoms with van der Waals surface area (Å²) >= 11 is 0. The first-order valence-electron chi connectivity index (χ1n) is 6.89. The lowest BCUT2D eigenvalue weighted by molar-refractivity contribution is -0.383. The Hall–Kier alpha value is -3.62. The standard InChI is InChI=1S/C15H15N5O4/c16-14(21)18-11-7-5-10(6-8-11)9-17-15(22)19-12-3-1-2-4-13(12)20(23)24/h1-8H,9H2,(H3,16,18,21)(H2,17,19,22). The molecule has 2 aromatic carbocycles. The number of nitro groups is 1. The van der Waals surface area contributed by atoms with Crippen molar-refractivity contribution in [3.05, 3.63) is 64.2 Å². The molecule has 0 spiro atoms. The molecule has 4 amide bonds. The molecular weight excluding hydrogens is 314 g/mol. The van der Waals surface area contributed by atoms with Gasteiger partial charge in [0.1, 0.15) is 5.69 Å². The number of primary amides is 1. The van der Waals surface area contributed by atoms with E-state index in [0.29, 0.717) is 5.69 Å². The molecule has 0 unspecified atom stereocenters. The van der Waals surface area contributed by atoms with Crippen LogP contribution in [0.15, 0.2) is 48.5 Å². The van der Waals surface area contributed by atoms with Gasteiger partial charge in [-0.15, -0.1) is 0 Å². The van der Waals surface area contributed by atoms with Gasteiger partial charge in [0.25, 0.3) is 5.69 Å². The predicted molar refractivity (Wildman–Crippen MR) is 88.6 cm³/mol. The molecule has 5 N–H and O–H groups in total. The molecule has 0 aliphatic carbocycles. The normalized spacial score (nSPS) is 9.83. The maximum Gasteiger partial charge on any atom is 0.319 e. The fraction of sp³-hybridized carbons (Fsp3) is 0.0667. The molecule has 0 aliphatic rings. The van der Waals surface area contributed by atoms with Crippen molar-refractivity contribution in [3.8, 4) is 0 Å². The fourth-order valence-corrected chi connectivity index (χ4v) is 1.94. The molecule has 0 atom stereocenters. The van der Waals surface area contributed by atoms with Crippen LogP contribution in [0.25, 0.3) is 0 Å². The number of nitrogens with zero attached hydrogens (tertiary/aromatic N) is 1. The molecule has 0 heterocycles. The first kappa shape index (κ1) is 16.7. The van der Waals surface area contributed by atoms with Gasteiger partial charge in [-0.1, -0.05) is 24.3 Å². The van der Waals surface area contributed by atoms with Crippen molar-refractivity contribution in [1.82, 2.24) is 5.32 Å². The van der Waals surface area contributed by atoms with E-state index in [1.54, 1.807) is 30.3 Å². The number of amides is 4. The zero-order valence-electron chi connectivity index (χ0n) is 12.5. The predicted octanol–water partition coefficient (Wildman–Crippen LogP) is 2.41. The molecule has 0 aromatic heterocycles. The molecule has 0 bridgehead atoms. The number of para-hydroxylation sites is 2. The van der Waals surface area contributed by atoms with Crippen molar-refractivity contribution < 1.29 is 14.5 Å². The quantitative estimate of drug-likeness (QED) is 0.494. The molecule has 0 fully saturated rings. The van der Waals surface area contributed by atoms with E-state index in [1.165, 1.54) is 18.2 Å². The van der Waals surface area contributed by atoms with Crippen molar-refractivity contribution in [2.24, 2.45) is 5.73 Å². The summed E-state index contributed by atoms with van der Waals surface area (Å²) in [7, 11) is 0. The number of nitro benzene ring substituents is 1. The molecule has 2 aromatic rings. The second-order valence-electron chi connectivity index (χ2n) is 4.77. The Bertz CT molecular complexity index is 761. The molecule has 124 valence electrons. The number of rotatable bonds is 5. The van der Waals surface area contributed by atoms with Crippen LogP contribution in [0.4, 0.5) is 26.7 Å². The molecule has 0 saturated carbocycles. The highest BCUT2D eigenvalue weighted by molar-refractivity contribution is 5.91. The maximum absolute atomic E-state index is 11.9. The number of hydrogen-bond acceptors (Lipinski definition) is 4. The lowest BCUT2D eigenvalue weighted by atomic mass is 10.2. The van der Waals surface area contributed by atoms with Crippen LogP contribution >= 0.6 is 0 Å². The van der Waals surface area contributed by atoms with Crippen LogP contribution in [0.1, 0.15) is 5.56 Å². The minimum atomic E-state index is -0.662. The van der Waals surface area contributed by atoms with Crippen LogP contribution < -0.4 is 21.7 Å². The molecule has 9 nitrogen and oxygen atoms in total. The molecule has 2 rings (SSSR count). The van der Waals surface area contributed by atoms with Crippen molar-refractivity contribution in [2.45, 2.75) is 6.54 Å². The van der Waals surface area contributed by atoms with E-state index in [4.69, 9.17) is 5.73 Å². The molecule has 9 heteroatoms. The van der Waals surface area contributed by atoms with Crippen molar-refractivity contribution in [2.75, 3.05) is 10.6 Å². The minimum absolute atomic E-state index is 0.112. The first-order chi connectivity index (χ1) is 11.5. The SMILES string of the molecule is NC(=O)Nc1ccc(CNC(=O)Nc2ccccc2[N+](=O)[O-])cc1. The van der Waals surface area contributed by atoms with Gasteiger partial charge in [-0.3, -0.25) is 10.1 Å². The average molecular weight is 329 g/mol. The Labute approximate surface area is 137 Å². The third-order valence-electron chi connectivity index (χ3n) is 3.02. The van der Waals surface area contributed by atoms with E-state index in [2.05, 4.69) is 16.0 Å². The highest BCUT2D eigenvalue weighted by atomic mass is 16.6. The van der Waals surface area contributed by atoms with Gasteiger partial charge in [0.05, 0.1) is 4.92 Å². The monoisotopic (exact) mass is 329 g/mol. The van der Waals surface area contributed by atoms with Crippen LogP contribution in [0.5, 0.6) is 0 Å². The van der Waals surface area contributed by atoms with Crippen LogP contribution in [-0.4, -0.2) is 17.0 Å². The van der Waals surface area contributed by atoms with Crippen LogP contribution in [-0.2, 0) is 6.54 Å². The Morgan fingerprint density at radius 1 is 1.04 bits per heavy atom. The summed E-state index contributed by atoms with van der Waals surface area (Å²) < 4.78 is 0. The summed E-state index contributed by atoms with van der Waals surface area (Å²) in [4.78, 5) is 32.9. The average Bonchev–Trinajstić information content (AvgIpc) is 2.54. The van der Waals surface area contributed by atoms with Crippen LogP contribution in [0.3, 0.4) is 0 Å². The van der Waals surface area contributed by atoms with Crippen LogP contribution in [0.2, 0.25) is 0 Å². The van der Waals surface area contributed by atoms with Crippen LogP contribution in [0, 0.1) is 10.1 Å². The molecule has 24 heavy (non-hydrogen) atoms. The molecule has 0 aliphatic heterocycles. The highest BCUT2D eigenvalue weighted by Crippen LogP contribution is 2.22. The fourth-order valence-electron chi connectivity index (χ4n) is 1.94. The Balaban J connectivity index is 1.92. The Kier molecular flexibility index (Phi) is 5.29. The number of carbonyl (C=O) groups is 2. The zero-order valence-corrected chi connectivity index (χ0v) is 12.5. The second-order valence-corrected chi connectivity index (χ2v) is 4.77. The van der Waals surface area contributed by atoms with Crippen molar-refractivity contribution in [1.29, 1.82) is 0 Å². The third-order valence-corrected chi connectivity index (χ3v) is 3.02. The van der Waals surface area contributed by atoms with Crippen molar-refractivity contribution in [3.63, 3.8) is 0 Å². The number of nitrogens with one attached hydrogen (secondary N) is 3. The maximum atomic E-state index is 11.9. The van der Waals surface area contributed by atoms with Gasteiger partial charge in [-0.2, -0.15) is 0 Å². The van der Waals surface area contributed by atoms with E-state index in [1.807, 2.05) is 0 Å². The Morgan fingerprint density at radius 3 is 2.33 bits per heavy atom. The first-order valence-corrected chi connectivity index (χ1v) is 6.89. The number of hydrogen-bond donors (Lipinski definition) is 4. The topological polar surface area (TPSA) is 139 Å². The molecule has 0 saturated heterocycles. The summed E-state index contributed by atoms with van der Waals surface area (Å²) in [5, 5.41) is 18.3. The zero-order chi connectivity index (χ0) is 17.5. The summed E-state index contributed by atoms with van der Waals surface area (Å²) in [5.41, 5.74) is 6.25. The van der Waals surface area contributed by atoms with Gasteiger partial charge in [0.15, 0.2) is 0 Å². The number of benzene rings is 2. The molecular formula is C15H15N5O4. The number of carbonyl (C=O) groups excluding carboxylic acids is 2. The van der Waals surface area contributed by atoms with Gasteiger partial charge in [-0.25, -0.2) is 9.59 Å². The van der Waals surface area contributed by atoms with E-state index in [-0.39, 0.29) is 17.9 Å². The van der Waals surface area contributed by atoms with Crippen molar-refractivity contribution >= 4 is 29.1 Å².